The summed E-state index contributed by atoms with van der Waals surface area (Å²) in [5, 5.41) is 2.12. The number of carbonyl (C=O) groups excluding carboxylic acids is 2. The Labute approximate surface area is 135 Å². The molecule has 7 nitrogen and oxygen atoms in total. The summed E-state index contributed by atoms with van der Waals surface area (Å²) in [6, 6.07) is -0.522. The lowest BCUT2D eigenvalue weighted by atomic mass is 9.97. The van der Waals surface area contributed by atoms with Crippen molar-refractivity contribution in [3.63, 3.8) is 0 Å². The number of piperidine rings is 1. The van der Waals surface area contributed by atoms with E-state index in [1.807, 2.05) is 4.90 Å². The van der Waals surface area contributed by atoms with Crippen LogP contribution in [0.5, 0.6) is 0 Å². The first kappa shape index (κ1) is 17.5. The standard InChI is InChI=1S/C13H21ClN2O5S/c1-21-13(18)9-2-4-16(5-3-9)6-12(17)15-11-8-22(19,20)7-10(11)14/h9-11H,2-8H2,1H3,(H,15,17)/t10-,11-/m1/s1. The van der Waals surface area contributed by atoms with Gasteiger partial charge in [-0.1, -0.05) is 0 Å². The number of ether oxygens (including phenoxy) is 1. The Bertz CT molecular complexity index is 531. The molecular formula is C13H21ClN2O5S. The van der Waals surface area contributed by atoms with Crippen molar-refractivity contribution in [1.82, 2.24) is 10.2 Å². The molecule has 0 radical (unpaired) electrons. The number of hydrogen-bond acceptors (Lipinski definition) is 6. The first-order valence-electron chi connectivity index (χ1n) is 7.25. The number of hydrogen-bond donors (Lipinski definition) is 1. The van der Waals surface area contributed by atoms with E-state index in [4.69, 9.17) is 16.3 Å². The Hall–Kier alpha value is -0.860. The third-order valence-electron chi connectivity index (χ3n) is 4.12. The van der Waals surface area contributed by atoms with Crippen LogP contribution in [0.2, 0.25) is 0 Å². The van der Waals surface area contributed by atoms with Gasteiger partial charge < -0.3 is 10.1 Å². The monoisotopic (exact) mass is 352 g/mol. The predicted octanol–water partition coefficient (Wildman–Crippen LogP) is -0.608. The van der Waals surface area contributed by atoms with Gasteiger partial charge in [0.2, 0.25) is 5.91 Å². The van der Waals surface area contributed by atoms with Gasteiger partial charge in [-0.3, -0.25) is 14.5 Å². The molecule has 1 N–H and O–H groups in total. The highest BCUT2D eigenvalue weighted by molar-refractivity contribution is 7.91. The van der Waals surface area contributed by atoms with Crippen LogP contribution in [0, 0.1) is 5.92 Å². The second-order valence-electron chi connectivity index (χ2n) is 5.84. The number of halogens is 1. The molecule has 126 valence electrons. The second-order valence-corrected chi connectivity index (χ2v) is 8.55. The molecule has 22 heavy (non-hydrogen) atoms. The number of esters is 1. The van der Waals surface area contributed by atoms with E-state index in [-0.39, 0.29) is 35.8 Å². The lowest BCUT2D eigenvalue weighted by Gasteiger charge is -2.30. The number of likely N-dealkylation sites (tertiary alicyclic amines) is 1. The highest BCUT2D eigenvalue weighted by Crippen LogP contribution is 2.19. The van der Waals surface area contributed by atoms with Gasteiger partial charge in [0.1, 0.15) is 0 Å². The summed E-state index contributed by atoms with van der Waals surface area (Å²) in [5.41, 5.74) is 0. The largest absolute Gasteiger partial charge is 0.469 e. The number of rotatable bonds is 4. The molecule has 0 aromatic rings. The summed E-state index contributed by atoms with van der Waals surface area (Å²) in [5.74, 6) is -0.729. The molecule has 9 heteroatoms. The number of nitrogens with one attached hydrogen (secondary N) is 1. The molecule has 2 atom stereocenters. The molecule has 0 aliphatic carbocycles. The average molecular weight is 353 g/mol. The van der Waals surface area contributed by atoms with Crippen molar-refractivity contribution < 1.29 is 22.7 Å². The maximum absolute atomic E-state index is 12.0. The zero-order valence-electron chi connectivity index (χ0n) is 12.5. The molecule has 2 aliphatic heterocycles. The Kier molecular flexibility index (Phi) is 5.68. The SMILES string of the molecule is COC(=O)C1CCN(CC(=O)N[C@@H]2CS(=O)(=O)C[C@H]2Cl)CC1. The molecule has 2 aliphatic rings. The highest BCUT2D eigenvalue weighted by Gasteiger charge is 2.37. The summed E-state index contributed by atoms with van der Waals surface area (Å²) in [4.78, 5) is 25.4. The van der Waals surface area contributed by atoms with E-state index in [1.165, 1.54) is 7.11 Å². The van der Waals surface area contributed by atoms with E-state index < -0.39 is 21.3 Å². The number of amides is 1. The quantitative estimate of drug-likeness (QED) is 0.536. The van der Waals surface area contributed by atoms with Gasteiger partial charge in [-0.05, 0) is 25.9 Å². The van der Waals surface area contributed by atoms with Crippen molar-refractivity contribution in [2.75, 3.05) is 38.2 Å². The predicted molar refractivity (Wildman–Crippen MR) is 81.4 cm³/mol. The Balaban J connectivity index is 1.76. The minimum Gasteiger partial charge on any atom is -0.469 e. The van der Waals surface area contributed by atoms with E-state index in [9.17, 15) is 18.0 Å². The molecular weight excluding hydrogens is 332 g/mol. The fraction of sp³-hybridized carbons (Fsp3) is 0.846. The van der Waals surface area contributed by atoms with Crippen LogP contribution < -0.4 is 5.32 Å². The zero-order chi connectivity index (χ0) is 16.3. The lowest BCUT2D eigenvalue weighted by molar-refractivity contribution is -0.147. The fourth-order valence-electron chi connectivity index (χ4n) is 2.89. The maximum atomic E-state index is 12.0. The van der Waals surface area contributed by atoms with Gasteiger partial charge in [0.15, 0.2) is 9.84 Å². The van der Waals surface area contributed by atoms with Gasteiger partial charge in [-0.15, -0.1) is 11.6 Å². The molecule has 0 spiro atoms. The van der Waals surface area contributed by atoms with E-state index >= 15 is 0 Å². The van der Waals surface area contributed by atoms with E-state index in [1.54, 1.807) is 0 Å². The van der Waals surface area contributed by atoms with Gasteiger partial charge in [0.25, 0.3) is 0 Å². The van der Waals surface area contributed by atoms with Gasteiger partial charge in [-0.25, -0.2) is 8.42 Å². The number of carbonyl (C=O) groups is 2. The summed E-state index contributed by atoms with van der Waals surface area (Å²) >= 11 is 5.96. The normalized spacial score (nSPS) is 29.2. The first-order valence-corrected chi connectivity index (χ1v) is 9.50. The third-order valence-corrected chi connectivity index (χ3v) is 6.49. The van der Waals surface area contributed by atoms with Crippen LogP contribution in [0.1, 0.15) is 12.8 Å². The first-order chi connectivity index (χ1) is 10.3. The third kappa shape index (κ3) is 4.57. The van der Waals surface area contributed by atoms with Crippen molar-refractivity contribution in [1.29, 1.82) is 0 Å². The molecule has 2 heterocycles. The van der Waals surface area contributed by atoms with Crippen LogP contribution in [0.3, 0.4) is 0 Å². The topological polar surface area (TPSA) is 92.8 Å². The highest BCUT2D eigenvalue weighted by atomic mass is 35.5. The van der Waals surface area contributed by atoms with Gasteiger partial charge in [0.05, 0.1) is 42.5 Å². The molecule has 2 fully saturated rings. The summed E-state index contributed by atoms with van der Waals surface area (Å²) < 4.78 is 27.6. The van der Waals surface area contributed by atoms with E-state index in [0.717, 1.165) is 0 Å². The Morgan fingerprint density at radius 1 is 1.27 bits per heavy atom. The maximum Gasteiger partial charge on any atom is 0.308 e. The van der Waals surface area contributed by atoms with Crippen molar-refractivity contribution in [2.45, 2.75) is 24.3 Å². The minimum absolute atomic E-state index is 0.0932. The Morgan fingerprint density at radius 2 is 1.91 bits per heavy atom. The van der Waals surface area contributed by atoms with Crippen molar-refractivity contribution in [3.05, 3.63) is 0 Å². The second kappa shape index (κ2) is 7.14. The summed E-state index contributed by atoms with van der Waals surface area (Å²) in [6.45, 7) is 1.47. The number of sulfone groups is 1. The molecule has 0 saturated carbocycles. The molecule has 1 amide bonds. The van der Waals surface area contributed by atoms with Crippen LogP contribution in [0.4, 0.5) is 0 Å². The van der Waals surface area contributed by atoms with Gasteiger partial charge >= 0.3 is 5.97 Å². The van der Waals surface area contributed by atoms with Crippen LogP contribution >= 0.6 is 11.6 Å². The van der Waals surface area contributed by atoms with Crippen molar-refractivity contribution >= 4 is 33.3 Å². The van der Waals surface area contributed by atoms with E-state index in [0.29, 0.717) is 25.9 Å². The molecule has 0 bridgehead atoms. The van der Waals surface area contributed by atoms with Gasteiger partial charge in [-0.2, -0.15) is 0 Å². The molecule has 0 aromatic carbocycles. The molecule has 0 unspecified atom stereocenters. The fourth-order valence-corrected chi connectivity index (χ4v) is 5.44. The lowest BCUT2D eigenvalue weighted by Crippen LogP contribution is -2.47. The van der Waals surface area contributed by atoms with E-state index in [2.05, 4.69) is 5.32 Å². The zero-order valence-corrected chi connectivity index (χ0v) is 14.0. The molecule has 2 rings (SSSR count). The van der Waals surface area contributed by atoms with Gasteiger partial charge in [0, 0.05) is 0 Å². The molecule has 0 aromatic heterocycles. The average Bonchev–Trinajstić information content (AvgIpc) is 2.71. The van der Waals surface area contributed by atoms with Crippen LogP contribution in [-0.4, -0.2) is 74.9 Å². The van der Waals surface area contributed by atoms with Crippen LogP contribution in [0.15, 0.2) is 0 Å². The number of nitrogens with zero attached hydrogens (tertiary/aromatic N) is 1. The summed E-state index contributed by atoms with van der Waals surface area (Å²) in [6.07, 6.45) is 1.33. The van der Waals surface area contributed by atoms with Crippen molar-refractivity contribution in [2.24, 2.45) is 5.92 Å². The Morgan fingerprint density at radius 3 is 2.41 bits per heavy atom. The van der Waals surface area contributed by atoms with Crippen LogP contribution in [0.25, 0.3) is 0 Å². The van der Waals surface area contributed by atoms with Crippen molar-refractivity contribution in [3.8, 4) is 0 Å². The minimum atomic E-state index is -3.15. The number of alkyl halides is 1. The smallest absolute Gasteiger partial charge is 0.308 e. The van der Waals surface area contributed by atoms with Crippen LogP contribution in [-0.2, 0) is 24.2 Å². The summed E-state index contributed by atoms with van der Waals surface area (Å²) in [7, 11) is -1.78. The number of methoxy groups -OCH3 is 1. The molecule has 2 saturated heterocycles.